The molecule has 5 N–H and O–H groups in total. The summed E-state index contributed by atoms with van der Waals surface area (Å²) in [6, 6.07) is 12.6. The van der Waals surface area contributed by atoms with Gasteiger partial charge in [0.15, 0.2) is 0 Å². The minimum Gasteiger partial charge on any atom is -0.508 e. The lowest BCUT2D eigenvalue weighted by molar-refractivity contribution is 0.154. The van der Waals surface area contributed by atoms with Gasteiger partial charge in [0, 0.05) is 20.4 Å². The number of benzene rings is 2. The van der Waals surface area contributed by atoms with Crippen LogP contribution < -0.4 is 5.73 Å². The molecule has 2 aromatic carbocycles. The van der Waals surface area contributed by atoms with Gasteiger partial charge in [0.05, 0.1) is 6.61 Å². The van der Waals surface area contributed by atoms with Crippen LogP contribution in [0.25, 0.3) is 0 Å². The maximum Gasteiger partial charge on any atom is 0.469 e. The zero-order valence-corrected chi connectivity index (χ0v) is 16.6. The van der Waals surface area contributed by atoms with Crippen LogP contribution in [-0.4, -0.2) is 27.0 Å². The Hall–Kier alpha value is -1.05. The van der Waals surface area contributed by atoms with Crippen LogP contribution in [0, 0.1) is 0 Å². The highest BCUT2D eigenvalue weighted by Gasteiger charge is 2.24. The fraction of sp³-hybridized carbons (Fsp3) is 0.294. The number of aryl methyl sites for hydroxylation is 1. The Balaban J connectivity index is 1.97. The lowest BCUT2D eigenvalue weighted by Crippen LogP contribution is -2.41. The second-order valence-electron chi connectivity index (χ2n) is 6.27. The highest BCUT2D eigenvalue weighted by Crippen LogP contribution is 2.37. The molecule has 0 saturated heterocycles. The Labute approximate surface area is 161 Å². The fourth-order valence-electron chi connectivity index (χ4n) is 2.20. The summed E-state index contributed by atoms with van der Waals surface area (Å²) in [5.41, 5.74) is 6.03. The quantitative estimate of drug-likeness (QED) is 0.481. The van der Waals surface area contributed by atoms with Crippen molar-refractivity contribution in [1.29, 1.82) is 0 Å². The number of phenols is 1. The van der Waals surface area contributed by atoms with E-state index in [1.54, 1.807) is 25.1 Å². The summed E-state index contributed by atoms with van der Waals surface area (Å²) >= 11 is 7.83. The molecule has 0 saturated carbocycles. The minimum absolute atomic E-state index is 0.206. The van der Waals surface area contributed by atoms with Crippen LogP contribution in [0.3, 0.4) is 0 Å². The predicted octanol–water partition coefficient (Wildman–Crippen LogP) is 3.96. The monoisotopic (exact) mass is 417 g/mol. The lowest BCUT2D eigenvalue weighted by Gasteiger charge is -2.24. The van der Waals surface area contributed by atoms with Crippen molar-refractivity contribution >= 4 is 31.2 Å². The van der Waals surface area contributed by atoms with E-state index in [1.165, 1.54) is 11.8 Å². The number of phenolic OH excluding ortho intramolecular Hbond substituents is 1. The van der Waals surface area contributed by atoms with Gasteiger partial charge in [-0.15, -0.1) is 0 Å². The Morgan fingerprint density at radius 1 is 1.23 bits per heavy atom. The molecule has 0 aliphatic heterocycles. The van der Waals surface area contributed by atoms with E-state index in [4.69, 9.17) is 27.1 Å². The van der Waals surface area contributed by atoms with E-state index in [-0.39, 0.29) is 12.4 Å². The molecule has 2 aromatic rings. The highest BCUT2D eigenvalue weighted by atomic mass is 35.5. The van der Waals surface area contributed by atoms with Crippen molar-refractivity contribution in [3.63, 3.8) is 0 Å². The van der Waals surface area contributed by atoms with Gasteiger partial charge in [-0.1, -0.05) is 35.5 Å². The number of phosphoric acid groups is 1. The van der Waals surface area contributed by atoms with Crippen molar-refractivity contribution in [2.45, 2.75) is 35.1 Å². The fourth-order valence-corrected chi connectivity index (χ4v) is 3.92. The summed E-state index contributed by atoms with van der Waals surface area (Å²) < 4.78 is 15.3. The van der Waals surface area contributed by atoms with E-state index in [1.807, 2.05) is 24.3 Å². The van der Waals surface area contributed by atoms with Gasteiger partial charge >= 0.3 is 7.82 Å². The molecule has 0 bridgehead atoms. The van der Waals surface area contributed by atoms with Crippen LogP contribution in [0.1, 0.15) is 18.9 Å². The third-order valence-electron chi connectivity index (χ3n) is 3.61. The first-order chi connectivity index (χ1) is 12.0. The van der Waals surface area contributed by atoms with E-state index in [2.05, 4.69) is 4.52 Å². The molecule has 0 aliphatic carbocycles. The molecule has 0 aliphatic rings. The van der Waals surface area contributed by atoms with E-state index in [0.717, 1.165) is 15.4 Å². The standard InChI is InChI=1S/C17H21ClNO5PS/c1-17(19,11-24-25(21,22)23)8-7-12-5-6-15(10-16(12)18)26-14-4-2-3-13(20)9-14/h2-6,9-10,20H,7-8,11,19H2,1H3,(H2,21,22,23)/t17-/m1/s1. The molecule has 26 heavy (non-hydrogen) atoms. The van der Waals surface area contributed by atoms with Crippen molar-refractivity contribution < 1.29 is 24.0 Å². The van der Waals surface area contributed by atoms with Crippen LogP contribution in [-0.2, 0) is 15.5 Å². The van der Waals surface area contributed by atoms with E-state index in [9.17, 15) is 9.67 Å². The van der Waals surface area contributed by atoms with Gasteiger partial charge in [-0.2, -0.15) is 0 Å². The minimum atomic E-state index is -4.54. The molecule has 0 heterocycles. The molecular formula is C17H21ClNO5PS. The molecule has 0 unspecified atom stereocenters. The van der Waals surface area contributed by atoms with Gasteiger partial charge in [-0.25, -0.2) is 4.57 Å². The van der Waals surface area contributed by atoms with Gasteiger partial charge in [-0.05, 0) is 55.7 Å². The second kappa shape index (κ2) is 8.76. The van der Waals surface area contributed by atoms with Crippen molar-refractivity contribution in [3.05, 3.63) is 53.1 Å². The van der Waals surface area contributed by atoms with E-state index in [0.29, 0.717) is 17.9 Å². The maximum atomic E-state index is 10.8. The van der Waals surface area contributed by atoms with Crippen molar-refractivity contribution in [3.8, 4) is 5.75 Å². The number of nitrogens with two attached hydrogens (primary N) is 1. The first-order valence-electron chi connectivity index (χ1n) is 7.78. The Morgan fingerprint density at radius 3 is 2.54 bits per heavy atom. The first-order valence-corrected chi connectivity index (χ1v) is 10.5. The average molecular weight is 418 g/mol. The summed E-state index contributed by atoms with van der Waals surface area (Å²) in [5, 5.41) is 10.1. The van der Waals surface area contributed by atoms with Gasteiger partial charge in [0.2, 0.25) is 0 Å². The Kier molecular flexibility index (Phi) is 7.16. The third kappa shape index (κ3) is 7.29. The normalized spacial score (nSPS) is 14.2. The first kappa shape index (κ1) is 21.3. The number of hydrogen-bond donors (Lipinski definition) is 4. The molecule has 0 amide bonds. The summed E-state index contributed by atoms with van der Waals surface area (Å²) in [4.78, 5) is 19.4. The molecule has 0 fully saturated rings. The molecule has 1 atom stereocenters. The smallest absolute Gasteiger partial charge is 0.469 e. The molecule has 0 radical (unpaired) electrons. The average Bonchev–Trinajstić information content (AvgIpc) is 2.52. The lowest BCUT2D eigenvalue weighted by atomic mass is 9.95. The molecule has 142 valence electrons. The van der Waals surface area contributed by atoms with Gasteiger partial charge in [0.25, 0.3) is 0 Å². The van der Waals surface area contributed by atoms with Crippen LogP contribution in [0.2, 0.25) is 5.02 Å². The number of rotatable bonds is 8. The summed E-state index contributed by atoms with van der Waals surface area (Å²) in [6.07, 6.45) is 0.999. The van der Waals surface area contributed by atoms with Crippen LogP contribution in [0.15, 0.2) is 52.3 Å². The Bertz CT molecular complexity index is 811. The summed E-state index contributed by atoms with van der Waals surface area (Å²) in [7, 11) is -4.54. The van der Waals surface area contributed by atoms with Crippen molar-refractivity contribution in [1.82, 2.24) is 0 Å². The van der Waals surface area contributed by atoms with Gasteiger partial charge in [-0.3, -0.25) is 4.52 Å². The largest absolute Gasteiger partial charge is 0.508 e. The van der Waals surface area contributed by atoms with Crippen LogP contribution in [0.5, 0.6) is 5.75 Å². The van der Waals surface area contributed by atoms with Crippen molar-refractivity contribution in [2.75, 3.05) is 6.61 Å². The Morgan fingerprint density at radius 2 is 1.92 bits per heavy atom. The SMILES string of the molecule is C[C@@](N)(CCc1ccc(Sc2cccc(O)c2)cc1Cl)COP(=O)(O)O. The molecule has 0 aromatic heterocycles. The van der Waals surface area contributed by atoms with Crippen LogP contribution >= 0.6 is 31.2 Å². The molecule has 6 nitrogen and oxygen atoms in total. The number of hydrogen-bond acceptors (Lipinski definition) is 5. The predicted molar refractivity (Wildman–Crippen MR) is 103 cm³/mol. The molecule has 0 spiro atoms. The van der Waals surface area contributed by atoms with E-state index < -0.39 is 13.4 Å². The maximum absolute atomic E-state index is 10.8. The number of aromatic hydroxyl groups is 1. The molecular weight excluding hydrogens is 397 g/mol. The zero-order valence-electron chi connectivity index (χ0n) is 14.1. The molecule has 2 rings (SSSR count). The second-order valence-corrected chi connectivity index (χ2v) is 9.06. The summed E-state index contributed by atoms with van der Waals surface area (Å²) in [6.45, 7) is 1.42. The zero-order chi connectivity index (χ0) is 19.4. The number of halogens is 1. The number of phosphoric ester groups is 1. The topological polar surface area (TPSA) is 113 Å². The summed E-state index contributed by atoms with van der Waals surface area (Å²) in [5.74, 6) is 0.206. The van der Waals surface area contributed by atoms with Gasteiger partial charge < -0.3 is 20.6 Å². The van der Waals surface area contributed by atoms with Crippen molar-refractivity contribution in [2.24, 2.45) is 5.73 Å². The highest BCUT2D eigenvalue weighted by molar-refractivity contribution is 7.99. The van der Waals surface area contributed by atoms with E-state index >= 15 is 0 Å². The molecule has 9 heteroatoms. The third-order valence-corrected chi connectivity index (χ3v) is 5.40. The van der Waals surface area contributed by atoms with Gasteiger partial charge in [0.1, 0.15) is 5.75 Å². The van der Waals surface area contributed by atoms with Crippen LogP contribution in [0.4, 0.5) is 0 Å².